The minimum Gasteiger partial charge on any atom is -0.305 e. The summed E-state index contributed by atoms with van der Waals surface area (Å²) in [5.74, 6) is 1.63. The van der Waals surface area contributed by atoms with Crippen molar-refractivity contribution in [3.05, 3.63) is 0 Å². The van der Waals surface area contributed by atoms with Crippen LogP contribution >= 0.6 is 11.8 Å². The summed E-state index contributed by atoms with van der Waals surface area (Å²) in [6.45, 7) is 2.97. The van der Waals surface area contributed by atoms with Crippen LogP contribution in [0.15, 0.2) is 0 Å². The van der Waals surface area contributed by atoms with Crippen LogP contribution in [-0.4, -0.2) is 47.4 Å². The molecule has 2 fully saturated rings. The molecule has 0 bridgehead atoms. The molecule has 1 saturated carbocycles. The van der Waals surface area contributed by atoms with E-state index in [4.69, 9.17) is 0 Å². The Balaban J connectivity index is 1.86. The number of thioether (sulfide) groups is 1. The predicted molar refractivity (Wildman–Crippen MR) is 78.1 cm³/mol. The first kappa shape index (κ1) is 14.9. The lowest BCUT2D eigenvalue weighted by Gasteiger charge is -2.22. The van der Waals surface area contributed by atoms with Crippen molar-refractivity contribution in [1.82, 2.24) is 10.2 Å². The number of hydrogen-bond acceptors (Lipinski definition) is 4. The molecule has 1 aliphatic heterocycles. The minimum atomic E-state index is -0.280. The lowest BCUT2D eigenvalue weighted by Crippen LogP contribution is -2.44. The Hall–Kier alpha value is -0.550. The number of likely N-dealkylation sites (tertiary alicyclic amines) is 1. The maximum absolute atomic E-state index is 12.3. The Morgan fingerprint density at radius 3 is 2.68 bits per heavy atom. The average Bonchev–Trinajstić information content (AvgIpc) is 2.96. The van der Waals surface area contributed by atoms with Gasteiger partial charge in [-0.3, -0.25) is 14.5 Å². The van der Waals surface area contributed by atoms with Crippen LogP contribution in [-0.2, 0) is 9.59 Å². The second-order valence-electron chi connectivity index (χ2n) is 5.77. The second kappa shape index (κ2) is 6.75. The van der Waals surface area contributed by atoms with E-state index in [1.54, 1.807) is 4.90 Å². The monoisotopic (exact) mass is 284 g/mol. The summed E-state index contributed by atoms with van der Waals surface area (Å²) in [7, 11) is 0. The van der Waals surface area contributed by atoms with E-state index >= 15 is 0 Å². The highest BCUT2D eigenvalue weighted by atomic mass is 32.2. The molecule has 5 heteroatoms. The lowest BCUT2D eigenvalue weighted by atomic mass is 10.2. The van der Waals surface area contributed by atoms with Crippen molar-refractivity contribution in [2.75, 3.05) is 18.6 Å². The van der Waals surface area contributed by atoms with E-state index in [1.165, 1.54) is 0 Å². The van der Waals surface area contributed by atoms with Gasteiger partial charge in [-0.1, -0.05) is 19.8 Å². The molecule has 1 saturated heterocycles. The van der Waals surface area contributed by atoms with E-state index in [0.717, 1.165) is 38.0 Å². The van der Waals surface area contributed by atoms with Crippen molar-refractivity contribution in [2.45, 2.75) is 51.1 Å². The summed E-state index contributed by atoms with van der Waals surface area (Å²) in [6.07, 6.45) is 6.71. The quantitative estimate of drug-likeness (QED) is 0.753. The Bertz CT molecular complexity index is 342. The smallest absolute Gasteiger partial charge is 0.247 e. The van der Waals surface area contributed by atoms with Crippen molar-refractivity contribution in [3.63, 3.8) is 0 Å². The first-order valence-corrected chi connectivity index (χ1v) is 8.61. The van der Waals surface area contributed by atoms with Gasteiger partial charge >= 0.3 is 0 Å². The van der Waals surface area contributed by atoms with Gasteiger partial charge < -0.3 is 5.32 Å². The standard InChI is InChI=1S/C14H24N2O2S/c1-10(9-19-2)8-15-12-7-13(17)16(14(12)18)11-5-3-4-6-11/h10-12,15H,3-9H2,1-2H3. The lowest BCUT2D eigenvalue weighted by molar-refractivity contribution is -0.141. The van der Waals surface area contributed by atoms with Crippen LogP contribution in [0.5, 0.6) is 0 Å². The number of nitrogens with zero attached hydrogens (tertiary/aromatic N) is 1. The second-order valence-corrected chi connectivity index (χ2v) is 6.68. The molecule has 4 nitrogen and oxygen atoms in total. The Kier molecular flexibility index (Phi) is 5.28. The van der Waals surface area contributed by atoms with Gasteiger partial charge in [-0.05, 0) is 37.3 Å². The fraction of sp³-hybridized carbons (Fsp3) is 0.857. The largest absolute Gasteiger partial charge is 0.305 e. The molecule has 1 aliphatic carbocycles. The van der Waals surface area contributed by atoms with Gasteiger partial charge in [0, 0.05) is 6.04 Å². The summed E-state index contributed by atoms with van der Waals surface area (Å²) in [6, 6.07) is -0.104. The van der Waals surface area contributed by atoms with Crippen molar-refractivity contribution in [3.8, 4) is 0 Å². The van der Waals surface area contributed by atoms with Crippen LogP contribution in [0.1, 0.15) is 39.0 Å². The number of nitrogens with one attached hydrogen (secondary N) is 1. The maximum atomic E-state index is 12.3. The van der Waals surface area contributed by atoms with Gasteiger partial charge in [0.2, 0.25) is 11.8 Å². The topological polar surface area (TPSA) is 49.4 Å². The summed E-state index contributed by atoms with van der Waals surface area (Å²) in [5, 5.41) is 3.27. The molecule has 1 N–H and O–H groups in total. The van der Waals surface area contributed by atoms with Crippen LogP contribution in [0.2, 0.25) is 0 Å². The summed E-state index contributed by atoms with van der Waals surface area (Å²) in [5.41, 5.74) is 0. The highest BCUT2D eigenvalue weighted by Gasteiger charge is 2.42. The number of carbonyl (C=O) groups is 2. The van der Waals surface area contributed by atoms with Crippen molar-refractivity contribution in [2.24, 2.45) is 5.92 Å². The Morgan fingerprint density at radius 2 is 2.05 bits per heavy atom. The molecule has 2 atom stereocenters. The van der Waals surface area contributed by atoms with Crippen LogP contribution in [0.4, 0.5) is 0 Å². The van der Waals surface area contributed by atoms with E-state index in [0.29, 0.717) is 12.3 Å². The van der Waals surface area contributed by atoms with Gasteiger partial charge in [-0.25, -0.2) is 0 Å². The predicted octanol–water partition coefficient (Wildman–Crippen LogP) is 1.65. The van der Waals surface area contributed by atoms with Gasteiger partial charge in [0.1, 0.15) is 0 Å². The molecular weight excluding hydrogens is 260 g/mol. The normalized spacial score (nSPS) is 26.4. The van der Waals surface area contributed by atoms with Gasteiger partial charge in [0.15, 0.2) is 0 Å². The third kappa shape index (κ3) is 3.51. The zero-order valence-corrected chi connectivity index (χ0v) is 12.7. The molecule has 0 radical (unpaired) electrons. The molecule has 108 valence electrons. The number of hydrogen-bond donors (Lipinski definition) is 1. The van der Waals surface area contributed by atoms with E-state index in [-0.39, 0.29) is 23.9 Å². The molecule has 1 heterocycles. The number of rotatable bonds is 6. The Labute approximate surface area is 119 Å². The Morgan fingerprint density at radius 1 is 1.37 bits per heavy atom. The fourth-order valence-corrected chi connectivity index (χ4v) is 3.73. The molecule has 0 aromatic rings. The molecule has 19 heavy (non-hydrogen) atoms. The van der Waals surface area contributed by atoms with Crippen LogP contribution < -0.4 is 5.32 Å². The van der Waals surface area contributed by atoms with E-state index in [2.05, 4.69) is 18.5 Å². The van der Waals surface area contributed by atoms with Crippen molar-refractivity contribution < 1.29 is 9.59 Å². The van der Waals surface area contributed by atoms with Crippen molar-refractivity contribution >= 4 is 23.6 Å². The zero-order valence-electron chi connectivity index (χ0n) is 11.9. The SMILES string of the molecule is CSCC(C)CNC1CC(=O)N(C2CCCC2)C1=O. The van der Waals surface area contributed by atoms with Gasteiger partial charge in [0.25, 0.3) is 0 Å². The van der Waals surface area contributed by atoms with Crippen LogP contribution in [0, 0.1) is 5.92 Å². The van der Waals surface area contributed by atoms with Crippen LogP contribution in [0.25, 0.3) is 0 Å². The first-order valence-electron chi connectivity index (χ1n) is 7.21. The molecular formula is C14H24N2O2S. The van der Waals surface area contributed by atoms with Crippen molar-refractivity contribution in [1.29, 1.82) is 0 Å². The van der Waals surface area contributed by atoms with Gasteiger partial charge in [-0.2, -0.15) is 11.8 Å². The zero-order chi connectivity index (χ0) is 13.8. The van der Waals surface area contributed by atoms with Gasteiger partial charge in [0.05, 0.1) is 12.5 Å². The fourth-order valence-electron chi connectivity index (χ4n) is 3.04. The summed E-state index contributed by atoms with van der Waals surface area (Å²) < 4.78 is 0. The molecule has 2 amide bonds. The maximum Gasteiger partial charge on any atom is 0.247 e. The van der Waals surface area contributed by atoms with Crippen LogP contribution in [0.3, 0.4) is 0 Å². The average molecular weight is 284 g/mol. The molecule has 0 aromatic carbocycles. The van der Waals surface area contributed by atoms with E-state index in [9.17, 15) is 9.59 Å². The third-order valence-corrected chi connectivity index (χ3v) is 4.94. The molecule has 0 aromatic heterocycles. The minimum absolute atomic E-state index is 0.00764. The number of imide groups is 1. The number of carbonyl (C=O) groups excluding carboxylic acids is 2. The molecule has 2 rings (SSSR count). The molecule has 2 aliphatic rings. The van der Waals surface area contributed by atoms with E-state index < -0.39 is 0 Å². The summed E-state index contributed by atoms with van der Waals surface area (Å²) in [4.78, 5) is 25.9. The first-order chi connectivity index (χ1) is 9.13. The number of amides is 2. The highest BCUT2D eigenvalue weighted by Crippen LogP contribution is 2.28. The highest BCUT2D eigenvalue weighted by molar-refractivity contribution is 7.98. The molecule has 2 unspecified atom stereocenters. The van der Waals surface area contributed by atoms with E-state index in [1.807, 2.05) is 11.8 Å². The molecule has 0 spiro atoms. The third-order valence-electron chi connectivity index (χ3n) is 4.04. The van der Waals surface area contributed by atoms with Gasteiger partial charge in [-0.15, -0.1) is 0 Å². The summed E-state index contributed by atoms with van der Waals surface area (Å²) >= 11 is 1.81.